The van der Waals surface area contributed by atoms with E-state index in [0.717, 1.165) is 29.7 Å². The normalized spacial score (nSPS) is 17.3. The molecular formula is C12H19BrN2O2. The predicted octanol–water partition coefficient (Wildman–Crippen LogP) is 3.00. The number of rotatable bonds is 5. The summed E-state index contributed by atoms with van der Waals surface area (Å²) >= 11 is 3.53. The van der Waals surface area contributed by atoms with Gasteiger partial charge in [-0.1, -0.05) is 6.42 Å². The fraction of sp³-hybridized carbons (Fsp3) is 0.750. The molecule has 0 amide bonds. The zero-order chi connectivity index (χ0) is 12.1. The number of methoxy groups -OCH3 is 1. The molecule has 0 bridgehead atoms. The van der Waals surface area contributed by atoms with Crippen molar-refractivity contribution in [2.45, 2.75) is 44.8 Å². The smallest absolute Gasteiger partial charge is 0.172 e. The highest BCUT2D eigenvalue weighted by molar-refractivity contribution is 9.10. The largest absolute Gasteiger partial charge is 0.486 e. The van der Waals surface area contributed by atoms with Crippen molar-refractivity contribution in [2.24, 2.45) is 0 Å². The highest BCUT2D eigenvalue weighted by atomic mass is 79.9. The van der Waals surface area contributed by atoms with Gasteiger partial charge in [-0.05, 0) is 41.6 Å². The minimum Gasteiger partial charge on any atom is -0.486 e. The zero-order valence-corrected chi connectivity index (χ0v) is 11.8. The number of nitrogens with zero attached hydrogens (tertiary/aromatic N) is 2. The molecule has 0 aliphatic heterocycles. The Morgan fingerprint density at radius 1 is 1.41 bits per heavy atom. The molecule has 17 heavy (non-hydrogen) atoms. The van der Waals surface area contributed by atoms with E-state index in [9.17, 15) is 0 Å². The monoisotopic (exact) mass is 302 g/mol. The fourth-order valence-corrected chi connectivity index (χ4v) is 2.59. The first-order chi connectivity index (χ1) is 8.31. The second-order valence-electron chi connectivity index (χ2n) is 4.39. The Hall–Kier alpha value is -0.550. The molecule has 1 fully saturated rings. The average Bonchev–Trinajstić information content (AvgIpc) is 2.70. The van der Waals surface area contributed by atoms with Crippen LogP contribution in [0, 0.1) is 0 Å². The van der Waals surface area contributed by atoms with Crippen molar-refractivity contribution in [3.63, 3.8) is 0 Å². The first kappa shape index (κ1) is 12.9. The third-order valence-electron chi connectivity index (χ3n) is 3.10. The first-order valence-corrected chi connectivity index (χ1v) is 6.97. The minimum absolute atomic E-state index is 0.361. The summed E-state index contributed by atoms with van der Waals surface area (Å²) in [4.78, 5) is 0. The van der Waals surface area contributed by atoms with Crippen LogP contribution in [0.3, 0.4) is 0 Å². The lowest BCUT2D eigenvalue weighted by molar-refractivity contribution is 0.153. The number of halogens is 1. The Morgan fingerprint density at radius 2 is 2.18 bits per heavy atom. The van der Waals surface area contributed by atoms with E-state index in [2.05, 4.69) is 21.0 Å². The van der Waals surface area contributed by atoms with Gasteiger partial charge < -0.3 is 9.47 Å². The van der Waals surface area contributed by atoms with Crippen molar-refractivity contribution < 1.29 is 9.47 Å². The lowest BCUT2D eigenvalue weighted by atomic mass is 9.98. The summed E-state index contributed by atoms with van der Waals surface area (Å²) < 4.78 is 13.8. The molecule has 0 radical (unpaired) electrons. The van der Waals surface area contributed by atoms with E-state index in [-0.39, 0.29) is 0 Å². The molecular weight excluding hydrogens is 284 g/mol. The summed E-state index contributed by atoms with van der Waals surface area (Å²) in [5, 5.41) is 4.28. The molecule has 0 saturated heterocycles. The Morgan fingerprint density at radius 3 is 2.88 bits per heavy atom. The summed E-state index contributed by atoms with van der Waals surface area (Å²) in [6.07, 6.45) is 8.37. The van der Waals surface area contributed by atoms with E-state index < -0.39 is 0 Å². The van der Waals surface area contributed by atoms with Gasteiger partial charge in [0.05, 0.1) is 25.5 Å². The van der Waals surface area contributed by atoms with E-state index in [1.54, 1.807) is 13.3 Å². The number of hydrogen-bond donors (Lipinski definition) is 0. The number of ether oxygens (including phenoxy) is 2. The number of aromatic nitrogens is 2. The topological polar surface area (TPSA) is 36.3 Å². The molecule has 0 unspecified atom stereocenters. The van der Waals surface area contributed by atoms with Crippen molar-refractivity contribution in [1.29, 1.82) is 0 Å². The second kappa shape index (κ2) is 6.40. The van der Waals surface area contributed by atoms with Crippen LogP contribution in [-0.2, 0) is 11.3 Å². The molecule has 96 valence electrons. The summed E-state index contributed by atoms with van der Waals surface area (Å²) in [6, 6.07) is 0. The van der Waals surface area contributed by atoms with Gasteiger partial charge in [-0.25, -0.2) is 0 Å². The summed E-state index contributed by atoms with van der Waals surface area (Å²) in [6.45, 7) is 1.40. The van der Waals surface area contributed by atoms with Gasteiger partial charge in [0.1, 0.15) is 4.60 Å². The Kier molecular flexibility index (Phi) is 4.86. The van der Waals surface area contributed by atoms with Crippen LogP contribution in [0.15, 0.2) is 10.8 Å². The van der Waals surface area contributed by atoms with Crippen molar-refractivity contribution in [3.8, 4) is 5.75 Å². The van der Waals surface area contributed by atoms with Crippen LogP contribution in [0.25, 0.3) is 0 Å². The van der Waals surface area contributed by atoms with Crippen molar-refractivity contribution in [3.05, 3.63) is 10.8 Å². The molecule has 1 aliphatic carbocycles. The maximum atomic E-state index is 5.98. The number of hydrogen-bond acceptors (Lipinski definition) is 3. The summed E-state index contributed by atoms with van der Waals surface area (Å²) in [7, 11) is 1.69. The standard InChI is InChI=1S/C12H19BrN2O2/c1-16-8-7-15-12(13)11(9-14-15)17-10-5-3-2-4-6-10/h9-10H,2-8H2,1H3. The summed E-state index contributed by atoms with van der Waals surface area (Å²) in [5.74, 6) is 0.855. The average molecular weight is 303 g/mol. The van der Waals surface area contributed by atoms with Gasteiger partial charge in [-0.3, -0.25) is 4.68 Å². The van der Waals surface area contributed by atoms with Crippen LogP contribution >= 0.6 is 15.9 Å². The molecule has 2 rings (SSSR count). The molecule has 0 N–H and O–H groups in total. The van der Waals surface area contributed by atoms with E-state index >= 15 is 0 Å². The third kappa shape index (κ3) is 3.45. The van der Waals surface area contributed by atoms with Gasteiger partial charge in [0.25, 0.3) is 0 Å². The third-order valence-corrected chi connectivity index (χ3v) is 3.90. The van der Waals surface area contributed by atoms with Crippen LogP contribution in [0.2, 0.25) is 0 Å². The van der Waals surface area contributed by atoms with Crippen LogP contribution in [0.1, 0.15) is 32.1 Å². The van der Waals surface area contributed by atoms with Gasteiger partial charge in [0.2, 0.25) is 0 Å². The lowest BCUT2D eigenvalue weighted by Gasteiger charge is -2.22. The van der Waals surface area contributed by atoms with Crippen LogP contribution < -0.4 is 4.74 Å². The molecule has 0 aromatic carbocycles. The maximum Gasteiger partial charge on any atom is 0.172 e. The van der Waals surface area contributed by atoms with Crippen LogP contribution in [0.4, 0.5) is 0 Å². The summed E-state index contributed by atoms with van der Waals surface area (Å²) in [5.41, 5.74) is 0. The minimum atomic E-state index is 0.361. The Labute approximate surface area is 110 Å². The van der Waals surface area contributed by atoms with Gasteiger partial charge in [-0.2, -0.15) is 5.10 Å². The van der Waals surface area contributed by atoms with Crippen molar-refractivity contribution in [2.75, 3.05) is 13.7 Å². The van der Waals surface area contributed by atoms with E-state index in [1.165, 1.54) is 19.3 Å². The van der Waals surface area contributed by atoms with Gasteiger partial charge in [-0.15, -0.1) is 0 Å². The molecule has 4 nitrogen and oxygen atoms in total. The Balaban J connectivity index is 1.93. The molecule has 1 heterocycles. The van der Waals surface area contributed by atoms with E-state index in [0.29, 0.717) is 12.7 Å². The van der Waals surface area contributed by atoms with Gasteiger partial charge in [0.15, 0.2) is 5.75 Å². The highest BCUT2D eigenvalue weighted by Gasteiger charge is 2.18. The molecule has 1 aromatic heterocycles. The highest BCUT2D eigenvalue weighted by Crippen LogP contribution is 2.29. The zero-order valence-electron chi connectivity index (χ0n) is 10.2. The maximum absolute atomic E-state index is 5.98. The van der Waals surface area contributed by atoms with Crippen molar-refractivity contribution in [1.82, 2.24) is 9.78 Å². The first-order valence-electron chi connectivity index (χ1n) is 6.18. The fourth-order valence-electron chi connectivity index (χ4n) is 2.13. The molecule has 0 atom stereocenters. The second-order valence-corrected chi connectivity index (χ2v) is 5.14. The molecule has 5 heteroatoms. The molecule has 1 saturated carbocycles. The van der Waals surface area contributed by atoms with Crippen LogP contribution in [-0.4, -0.2) is 29.6 Å². The van der Waals surface area contributed by atoms with Gasteiger partial charge in [0, 0.05) is 7.11 Å². The quantitative estimate of drug-likeness (QED) is 0.839. The van der Waals surface area contributed by atoms with Crippen molar-refractivity contribution >= 4 is 15.9 Å². The Bertz CT molecular complexity index is 348. The van der Waals surface area contributed by atoms with Gasteiger partial charge >= 0.3 is 0 Å². The molecule has 1 aromatic rings. The SMILES string of the molecule is COCCn1ncc(OC2CCCCC2)c1Br. The predicted molar refractivity (Wildman–Crippen MR) is 69.3 cm³/mol. The molecule has 0 spiro atoms. The van der Waals surface area contributed by atoms with Crippen LogP contribution in [0.5, 0.6) is 5.75 Å². The molecule has 1 aliphatic rings. The van der Waals surface area contributed by atoms with E-state index in [4.69, 9.17) is 9.47 Å². The lowest BCUT2D eigenvalue weighted by Crippen LogP contribution is -2.19. The van der Waals surface area contributed by atoms with E-state index in [1.807, 2.05) is 4.68 Å².